The third-order valence-electron chi connectivity index (χ3n) is 7.97. The van der Waals surface area contributed by atoms with Gasteiger partial charge in [0, 0.05) is 73.2 Å². The lowest BCUT2D eigenvalue weighted by molar-refractivity contribution is -0.00330. The third-order valence-corrected chi connectivity index (χ3v) is 9.10. The Labute approximate surface area is 298 Å². The van der Waals surface area contributed by atoms with Gasteiger partial charge in [-0.3, -0.25) is 0 Å². The minimum atomic E-state index is -0.683. The van der Waals surface area contributed by atoms with E-state index in [-0.39, 0.29) is 12.2 Å². The van der Waals surface area contributed by atoms with Crippen LogP contribution < -0.4 is 0 Å². The van der Waals surface area contributed by atoms with E-state index >= 15 is 0 Å². The molecule has 4 aromatic carbocycles. The number of ether oxygens (including phenoxy) is 2. The van der Waals surface area contributed by atoms with E-state index in [0.29, 0.717) is 38.7 Å². The molecule has 0 aliphatic heterocycles. The van der Waals surface area contributed by atoms with Crippen molar-refractivity contribution in [1.29, 1.82) is 0 Å². The van der Waals surface area contributed by atoms with E-state index in [4.69, 9.17) is 55.9 Å². The maximum absolute atomic E-state index is 14.5. The van der Waals surface area contributed by atoms with Gasteiger partial charge in [-0.15, -0.1) is 0 Å². The lowest BCUT2D eigenvalue weighted by Gasteiger charge is -2.27. The molecule has 0 aliphatic carbocycles. The first kappa shape index (κ1) is 34.3. The fraction of sp³-hybridized carbons (Fsp3) is 0.158. The molecule has 6 rings (SSSR count). The smallest absolute Gasteiger partial charge is 0.131 e. The van der Waals surface area contributed by atoms with Crippen LogP contribution in [0.5, 0.6) is 0 Å². The van der Waals surface area contributed by atoms with Crippen molar-refractivity contribution in [3.63, 3.8) is 0 Å². The highest BCUT2D eigenvalue weighted by atomic mass is 35.5. The van der Waals surface area contributed by atoms with Crippen LogP contribution in [0.15, 0.2) is 128 Å². The predicted molar refractivity (Wildman–Crippen MR) is 188 cm³/mol. The van der Waals surface area contributed by atoms with Gasteiger partial charge in [-0.05, 0) is 54.1 Å². The third kappa shape index (κ3) is 8.50. The summed E-state index contributed by atoms with van der Waals surface area (Å²) >= 11 is 25.8. The first-order valence-electron chi connectivity index (χ1n) is 15.2. The van der Waals surface area contributed by atoms with Gasteiger partial charge in [0.25, 0.3) is 0 Å². The van der Waals surface area contributed by atoms with Gasteiger partial charge in [-0.25, -0.2) is 8.78 Å². The highest BCUT2D eigenvalue weighted by molar-refractivity contribution is 6.35. The highest BCUT2D eigenvalue weighted by Crippen LogP contribution is 2.37. The first-order valence-corrected chi connectivity index (χ1v) is 16.7. The molecule has 0 radical (unpaired) electrons. The largest absolute Gasteiger partial charge is 0.367 e. The molecular weight excluding hydrogens is 696 g/mol. The molecule has 6 aromatic rings. The number of aromatic nitrogens is 2. The van der Waals surface area contributed by atoms with Crippen molar-refractivity contribution in [1.82, 2.24) is 9.13 Å². The summed E-state index contributed by atoms with van der Waals surface area (Å²) in [6.07, 6.45) is 6.40. The molecule has 2 aromatic heterocycles. The molecule has 0 saturated heterocycles. The van der Waals surface area contributed by atoms with Crippen molar-refractivity contribution in [2.24, 2.45) is 0 Å². The Morgan fingerprint density at radius 3 is 1.90 bits per heavy atom. The van der Waals surface area contributed by atoms with Crippen molar-refractivity contribution in [2.45, 2.75) is 38.0 Å². The minimum absolute atomic E-state index is 0.0947. The first-order chi connectivity index (χ1) is 23.2. The maximum atomic E-state index is 14.5. The molecule has 2 heterocycles. The summed E-state index contributed by atoms with van der Waals surface area (Å²) in [7, 11) is 0. The van der Waals surface area contributed by atoms with Gasteiger partial charge in [-0.2, -0.15) is 0 Å². The number of benzene rings is 4. The van der Waals surface area contributed by atoms with Crippen LogP contribution in [0.4, 0.5) is 8.78 Å². The van der Waals surface area contributed by atoms with E-state index in [1.165, 1.54) is 12.1 Å². The van der Waals surface area contributed by atoms with Crippen LogP contribution in [-0.2, 0) is 29.2 Å². The fourth-order valence-electron chi connectivity index (χ4n) is 5.55. The molecule has 3 unspecified atom stereocenters. The van der Waals surface area contributed by atoms with E-state index in [0.717, 1.165) is 22.8 Å². The van der Waals surface area contributed by atoms with Crippen molar-refractivity contribution in [3.05, 3.63) is 187 Å². The summed E-state index contributed by atoms with van der Waals surface area (Å²) in [6.45, 7) is 0.757. The standard InChI is InChI=1S/C38H30Cl4F2N2O2/c39-28-9-12-31(33(41)18-28)36(47-24-27-8-11-30(43)20-35(27)44)22-46-17-14-26(21-46)38(25-6-2-1-3-7-25)48-37(23-45-15-4-5-16-45)32-13-10-29(40)19-34(32)42/h1-21,36-38H,22-24H2. The average Bonchev–Trinajstić information content (AvgIpc) is 3.75. The molecule has 3 atom stereocenters. The summed E-state index contributed by atoms with van der Waals surface area (Å²) in [5, 5.41) is 1.95. The van der Waals surface area contributed by atoms with E-state index in [1.807, 2.05) is 94.6 Å². The SMILES string of the molecule is Fc1ccc(COC(Cn2ccc(C(OC(Cn3cccc3)c3ccc(Cl)cc3Cl)c3ccccc3)c2)c2ccc(Cl)cc2Cl)c(F)c1. The number of rotatable bonds is 13. The molecule has 0 spiro atoms. The zero-order chi connectivity index (χ0) is 33.6. The van der Waals surface area contributed by atoms with E-state index in [2.05, 4.69) is 0 Å². The van der Waals surface area contributed by atoms with Crippen LogP contribution >= 0.6 is 46.4 Å². The number of halogens is 6. The minimum Gasteiger partial charge on any atom is -0.367 e. The fourth-order valence-corrected chi connectivity index (χ4v) is 6.61. The summed E-state index contributed by atoms with van der Waals surface area (Å²) < 4.78 is 45.3. The average molecular weight is 726 g/mol. The van der Waals surface area contributed by atoms with Crippen LogP contribution in [0.1, 0.15) is 46.1 Å². The topological polar surface area (TPSA) is 28.3 Å². The second kappa shape index (κ2) is 15.7. The predicted octanol–water partition coefficient (Wildman–Crippen LogP) is 11.7. The van der Waals surface area contributed by atoms with Crippen LogP contribution in [0.3, 0.4) is 0 Å². The number of nitrogens with zero attached hydrogens (tertiary/aromatic N) is 2. The molecule has 0 N–H and O–H groups in total. The summed E-state index contributed by atoms with van der Waals surface area (Å²) in [5.74, 6) is -1.34. The van der Waals surface area contributed by atoms with Crippen molar-refractivity contribution >= 4 is 46.4 Å². The molecule has 0 amide bonds. The molecule has 246 valence electrons. The quantitative estimate of drug-likeness (QED) is 0.119. The number of hydrogen-bond acceptors (Lipinski definition) is 2. The van der Waals surface area contributed by atoms with E-state index < -0.39 is 29.9 Å². The van der Waals surface area contributed by atoms with Gasteiger partial charge in [0.15, 0.2) is 0 Å². The van der Waals surface area contributed by atoms with Gasteiger partial charge in [0.05, 0.1) is 19.7 Å². The zero-order valence-corrected chi connectivity index (χ0v) is 28.5. The summed E-state index contributed by atoms with van der Waals surface area (Å²) in [5.41, 5.74) is 3.58. The lowest BCUT2D eigenvalue weighted by atomic mass is 10.0. The molecule has 0 aliphatic rings. The summed E-state index contributed by atoms with van der Waals surface area (Å²) in [4.78, 5) is 0. The maximum Gasteiger partial charge on any atom is 0.131 e. The van der Waals surface area contributed by atoms with Crippen LogP contribution in [0.2, 0.25) is 20.1 Å². The number of hydrogen-bond donors (Lipinski definition) is 0. The van der Waals surface area contributed by atoms with Gasteiger partial charge in [-0.1, -0.05) is 94.9 Å². The lowest BCUT2D eigenvalue weighted by Crippen LogP contribution is -2.17. The van der Waals surface area contributed by atoms with Crippen LogP contribution in [-0.4, -0.2) is 9.13 Å². The molecule has 0 bridgehead atoms. The van der Waals surface area contributed by atoms with Crippen molar-refractivity contribution in [2.75, 3.05) is 0 Å². The Kier molecular flexibility index (Phi) is 11.2. The molecule has 0 fully saturated rings. The summed E-state index contributed by atoms with van der Waals surface area (Å²) in [6, 6.07) is 29.9. The van der Waals surface area contributed by atoms with Gasteiger partial charge in [0.1, 0.15) is 29.9 Å². The Hall–Kier alpha value is -3.62. The zero-order valence-electron chi connectivity index (χ0n) is 25.5. The normalized spacial score (nSPS) is 13.4. The van der Waals surface area contributed by atoms with Crippen molar-refractivity contribution in [3.8, 4) is 0 Å². The van der Waals surface area contributed by atoms with Crippen LogP contribution in [0.25, 0.3) is 0 Å². The Bertz CT molecular complexity index is 1970. The van der Waals surface area contributed by atoms with E-state index in [1.54, 1.807) is 24.3 Å². The molecule has 48 heavy (non-hydrogen) atoms. The Morgan fingerprint density at radius 2 is 1.25 bits per heavy atom. The Balaban J connectivity index is 1.31. The molecule has 4 nitrogen and oxygen atoms in total. The second-order valence-corrected chi connectivity index (χ2v) is 13.0. The monoisotopic (exact) mass is 724 g/mol. The highest BCUT2D eigenvalue weighted by Gasteiger charge is 2.26. The molecular formula is C38H30Cl4F2N2O2. The van der Waals surface area contributed by atoms with Crippen LogP contribution in [0, 0.1) is 11.6 Å². The second-order valence-electron chi connectivity index (χ2n) is 11.3. The Morgan fingerprint density at radius 1 is 0.604 bits per heavy atom. The van der Waals surface area contributed by atoms with E-state index in [9.17, 15) is 8.78 Å². The van der Waals surface area contributed by atoms with Gasteiger partial charge >= 0.3 is 0 Å². The van der Waals surface area contributed by atoms with Gasteiger partial charge < -0.3 is 18.6 Å². The van der Waals surface area contributed by atoms with Gasteiger partial charge in [0.2, 0.25) is 0 Å². The molecule has 10 heteroatoms. The molecule has 0 saturated carbocycles. The van der Waals surface area contributed by atoms with Crippen molar-refractivity contribution < 1.29 is 18.3 Å².